The van der Waals surface area contributed by atoms with Crippen molar-refractivity contribution >= 4 is 5.97 Å². The van der Waals surface area contributed by atoms with Crippen LogP contribution in [0.3, 0.4) is 0 Å². The van der Waals surface area contributed by atoms with Gasteiger partial charge in [-0.3, -0.25) is 9.69 Å². The van der Waals surface area contributed by atoms with Gasteiger partial charge in [0, 0.05) is 43.5 Å². The molecular weight excluding hydrogens is 302 g/mol. The summed E-state index contributed by atoms with van der Waals surface area (Å²) in [6.45, 7) is 6.46. The summed E-state index contributed by atoms with van der Waals surface area (Å²) in [5.74, 6) is 1.21. The smallest absolute Gasteiger partial charge is 0.308 e. The molecule has 1 aliphatic carbocycles. The maximum atomic E-state index is 11.5. The van der Waals surface area contributed by atoms with Crippen LogP contribution in [-0.2, 0) is 11.3 Å². The molecule has 2 heterocycles. The number of likely N-dealkylation sites (tertiary alicyclic amines) is 1. The van der Waals surface area contributed by atoms with Gasteiger partial charge in [0.05, 0.1) is 5.92 Å². The van der Waals surface area contributed by atoms with Gasteiger partial charge >= 0.3 is 5.97 Å². The Kier molecular flexibility index (Phi) is 5.49. The predicted octanol–water partition coefficient (Wildman–Crippen LogP) is 3.31. The number of carboxylic acid groups (broad SMARTS) is 1. The number of carbonyl (C=O) groups is 1. The molecule has 0 spiro atoms. The van der Waals surface area contributed by atoms with Gasteiger partial charge in [-0.1, -0.05) is 33.1 Å². The number of rotatable bonds is 5. The maximum absolute atomic E-state index is 11.5. The molecule has 0 radical (unpaired) electrons. The first-order valence-electron chi connectivity index (χ1n) is 9.30. The molecule has 2 aliphatic rings. The number of nitrogens with zero attached hydrogens (tertiary/aromatic N) is 3. The molecule has 0 bridgehead atoms. The van der Waals surface area contributed by atoms with Gasteiger partial charge in [0.25, 0.3) is 0 Å². The Morgan fingerprint density at radius 2 is 1.88 bits per heavy atom. The molecule has 1 N–H and O–H groups in total. The number of aromatic nitrogens is 2. The van der Waals surface area contributed by atoms with E-state index in [1.54, 1.807) is 0 Å². The van der Waals surface area contributed by atoms with Crippen molar-refractivity contribution in [1.29, 1.82) is 0 Å². The summed E-state index contributed by atoms with van der Waals surface area (Å²) in [7, 11) is 0. The number of hydrogen-bond donors (Lipinski definition) is 1. The van der Waals surface area contributed by atoms with Crippen LogP contribution in [0.2, 0.25) is 0 Å². The highest BCUT2D eigenvalue weighted by atomic mass is 16.4. The number of hydrogen-bond acceptors (Lipinski definition) is 4. The van der Waals surface area contributed by atoms with E-state index in [4.69, 9.17) is 0 Å². The zero-order valence-corrected chi connectivity index (χ0v) is 14.8. The minimum absolute atomic E-state index is 0.227. The summed E-state index contributed by atoms with van der Waals surface area (Å²) < 4.78 is 0. The lowest BCUT2D eigenvalue weighted by molar-refractivity contribution is -0.143. The summed E-state index contributed by atoms with van der Waals surface area (Å²) in [5, 5.41) is 9.45. The van der Waals surface area contributed by atoms with E-state index < -0.39 is 5.97 Å². The van der Waals surface area contributed by atoms with Crippen molar-refractivity contribution in [2.45, 2.75) is 58.4 Å². The maximum Gasteiger partial charge on any atom is 0.308 e. The Morgan fingerprint density at radius 3 is 2.42 bits per heavy atom. The van der Waals surface area contributed by atoms with Crippen molar-refractivity contribution < 1.29 is 9.90 Å². The highest BCUT2D eigenvalue weighted by Gasteiger charge is 2.39. The second-order valence-corrected chi connectivity index (χ2v) is 7.83. The third-order valence-corrected chi connectivity index (χ3v) is 5.72. The molecule has 132 valence electrons. The average molecular weight is 331 g/mol. The van der Waals surface area contributed by atoms with Crippen molar-refractivity contribution in [2.75, 3.05) is 13.1 Å². The molecule has 2 atom stereocenters. The third kappa shape index (κ3) is 3.94. The van der Waals surface area contributed by atoms with Gasteiger partial charge < -0.3 is 5.11 Å². The van der Waals surface area contributed by atoms with Crippen molar-refractivity contribution in [3.8, 4) is 0 Å². The van der Waals surface area contributed by atoms with Crippen molar-refractivity contribution in [2.24, 2.45) is 17.8 Å². The molecular formula is C19H29N3O2. The lowest BCUT2D eigenvalue weighted by atomic mass is 9.86. The Morgan fingerprint density at radius 1 is 1.21 bits per heavy atom. The van der Waals surface area contributed by atoms with E-state index in [2.05, 4.69) is 28.7 Å². The van der Waals surface area contributed by atoms with E-state index in [0.29, 0.717) is 18.4 Å². The van der Waals surface area contributed by atoms with E-state index in [-0.39, 0.29) is 11.8 Å². The third-order valence-electron chi connectivity index (χ3n) is 5.72. The Labute approximate surface area is 144 Å². The van der Waals surface area contributed by atoms with Gasteiger partial charge in [0.1, 0.15) is 5.82 Å². The minimum Gasteiger partial charge on any atom is -0.481 e. The zero-order chi connectivity index (χ0) is 17.1. The first-order valence-corrected chi connectivity index (χ1v) is 9.30. The van der Waals surface area contributed by atoms with E-state index in [1.807, 2.05) is 12.4 Å². The topological polar surface area (TPSA) is 66.3 Å². The first kappa shape index (κ1) is 17.3. The summed E-state index contributed by atoms with van der Waals surface area (Å²) in [6.07, 6.45) is 10.2. The van der Waals surface area contributed by atoms with Crippen LogP contribution in [0.5, 0.6) is 0 Å². The van der Waals surface area contributed by atoms with Crippen LogP contribution >= 0.6 is 0 Å². The summed E-state index contributed by atoms with van der Waals surface area (Å²) >= 11 is 0. The molecule has 0 aromatic carbocycles. The monoisotopic (exact) mass is 331 g/mol. The fraction of sp³-hybridized carbons (Fsp3) is 0.737. The lowest BCUT2D eigenvalue weighted by Gasteiger charge is -2.21. The molecule has 1 aromatic heterocycles. The van der Waals surface area contributed by atoms with Crippen LogP contribution in [0.4, 0.5) is 0 Å². The zero-order valence-electron chi connectivity index (χ0n) is 14.8. The van der Waals surface area contributed by atoms with Crippen molar-refractivity contribution in [3.05, 3.63) is 23.8 Å². The van der Waals surface area contributed by atoms with Gasteiger partial charge in [0.15, 0.2) is 0 Å². The van der Waals surface area contributed by atoms with Crippen LogP contribution < -0.4 is 0 Å². The summed E-state index contributed by atoms with van der Waals surface area (Å²) in [6, 6.07) is 0. The van der Waals surface area contributed by atoms with Gasteiger partial charge in [0.2, 0.25) is 0 Å². The Balaban J connectivity index is 1.61. The Bertz CT molecular complexity index is 552. The highest BCUT2D eigenvalue weighted by Crippen LogP contribution is 2.32. The summed E-state index contributed by atoms with van der Waals surface area (Å²) in [4.78, 5) is 22.9. The number of aliphatic carboxylic acids is 1. The van der Waals surface area contributed by atoms with Gasteiger partial charge in [-0.05, 0) is 24.7 Å². The van der Waals surface area contributed by atoms with Crippen molar-refractivity contribution in [1.82, 2.24) is 14.9 Å². The standard InChI is InChI=1S/C19H29N3O2/c1-13(2)16-11-22(12-17(16)19(23)24)10-14-8-20-18(21-9-14)15-6-4-3-5-7-15/h8-9,13,15-17H,3-7,10-12H2,1-2H3,(H,23,24)/t16-,17+/m0/s1. The molecule has 1 saturated heterocycles. The molecule has 1 aromatic rings. The van der Waals surface area contributed by atoms with Gasteiger partial charge in [-0.2, -0.15) is 0 Å². The molecule has 1 saturated carbocycles. The fourth-order valence-electron chi connectivity index (χ4n) is 4.26. The average Bonchev–Trinajstić information content (AvgIpc) is 3.01. The van der Waals surface area contributed by atoms with E-state index in [9.17, 15) is 9.90 Å². The van der Waals surface area contributed by atoms with Crippen LogP contribution in [0.1, 0.15) is 63.3 Å². The Hall–Kier alpha value is -1.49. The minimum atomic E-state index is -0.667. The molecule has 1 aliphatic heterocycles. The van der Waals surface area contributed by atoms with Gasteiger partial charge in [-0.15, -0.1) is 0 Å². The van der Waals surface area contributed by atoms with Crippen LogP contribution in [-0.4, -0.2) is 39.0 Å². The quantitative estimate of drug-likeness (QED) is 0.896. The summed E-state index contributed by atoms with van der Waals surface area (Å²) in [5.41, 5.74) is 1.09. The normalized spacial score (nSPS) is 26.1. The highest BCUT2D eigenvalue weighted by molar-refractivity contribution is 5.71. The SMILES string of the molecule is CC(C)[C@@H]1CN(Cc2cnc(C3CCCCC3)nc2)C[C@H]1C(=O)O. The van der Waals surface area contributed by atoms with Crippen LogP contribution in [0.25, 0.3) is 0 Å². The van der Waals surface area contributed by atoms with Crippen LogP contribution in [0.15, 0.2) is 12.4 Å². The van der Waals surface area contributed by atoms with E-state index in [0.717, 1.165) is 24.5 Å². The van der Waals surface area contributed by atoms with Crippen molar-refractivity contribution in [3.63, 3.8) is 0 Å². The largest absolute Gasteiger partial charge is 0.481 e. The number of carboxylic acids is 1. The molecule has 3 rings (SSSR count). The predicted molar refractivity (Wildman–Crippen MR) is 92.6 cm³/mol. The lowest BCUT2D eigenvalue weighted by Crippen LogP contribution is -2.25. The van der Waals surface area contributed by atoms with Gasteiger partial charge in [-0.25, -0.2) is 9.97 Å². The first-order chi connectivity index (χ1) is 11.5. The molecule has 24 heavy (non-hydrogen) atoms. The molecule has 5 nitrogen and oxygen atoms in total. The molecule has 0 unspecified atom stereocenters. The fourth-order valence-corrected chi connectivity index (χ4v) is 4.26. The van der Waals surface area contributed by atoms with E-state index in [1.165, 1.54) is 32.1 Å². The molecule has 0 amide bonds. The second-order valence-electron chi connectivity index (χ2n) is 7.83. The molecule has 2 fully saturated rings. The molecule has 5 heteroatoms. The van der Waals surface area contributed by atoms with Crippen LogP contribution in [0, 0.1) is 17.8 Å². The second kappa shape index (κ2) is 7.60. The van der Waals surface area contributed by atoms with E-state index >= 15 is 0 Å².